The highest BCUT2D eigenvalue weighted by molar-refractivity contribution is 5.69. The molecule has 0 radical (unpaired) electrons. The van der Waals surface area contributed by atoms with Crippen LogP contribution in [-0.4, -0.2) is 29.2 Å². The minimum atomic E-state index is -0.438. The lowest BCUT2D eigenvalue weighted by Crippen LogP contribution is -2.40. The number of likely N-dealkylation sites (tertiary alicyclic amines) is 1. The SMILES string of the molecule is CC(C)(C)OC(=O)N1CCCC1Cc1ccc(CN)cc1. The van der Waals surface area contributed by atoms with Crippen molar-refractivity contribution in [3.63, 3.8) is 0 Å². The lowest BCUT2D eigenvalue weighted by Gasteiger charge is -2.28. The fourth-order valence-electron chi connectivity index (χ4n) is 2.69. The highest BCUT2D eigenvalue weighted by Gasteiger charge is 2.32. The van der Waals surface area contributed by atoms with Crippen LogP contribution in [0.3, 0.4) is 0 Å². The van der Waals surface area contributed by atoms with Gasteiger partial charge in [-0.1, -0.05) is 24.3 Å². The van der Waals surface area contributed by atoms with Crippen LogP contribution in [0.5, 0.6) is 0 Å². The molecule has 4 heteroatoms. The normalized spacial score (nSPS) is 18.9. The number of nitrogens with two attached hydrogens (primary N) is 1. The third-order valence-corrected chi connectivity index (χ3v) is 3.74. The minimum absolute atomic E-state index is 0.191. The van der Waals surface area contributed by atoms with Crippen molar-refractivity contribution in [2.24, 2.45) is 5.73 Å². The molecule has 0 spiro atoms. The number of nitrogens with zero attached hydrogens (tertiary/aromatic N) is 1. The molecular formula is C17H26N2O2. The average Bonchev–Trinajstić information content (AvgIpc) is 2.86. The summed E-state index contributed by atoms with van der Waals surface area (Å²) in [5.41, 5.74) is 7.55. The molecule has 1 aromatic carbocycles. The zero-order valence-electron chi connectivity index (χ0n) is 13.3. The van der Waals surface area contributed by atoms with Gasteiger partial charge in [0, 0.05) is 19.1 Å². The Morgan fingerprint density at radius 3 is 2.48 bits per heavy atom. The van der Waals surface area contributed by atoms with E-state index in [-0.39, 0.29) is 12.1 Å². The summed E-state index contributed by atoms with van der Waals surface area (Å²) in [4.78, 5) is 14.1. The molecule has 0 bridgehead atoms. The third kappa shape index (κ3) is 4.46. The Hall–Kier alpha value is -1.55. The van der Waals surface area contributed by atoms with Crippen LogP contribution in [0.15, 0.2) is 24.3 Å². The van der Waals surface area contributed by atoms with E-state index in [0.717, 1.165) is 31.4 Å². The lowest BCUT2D eigenvalue weighted by molar-refractivity contribution is 0.0227. The number of benzene rings is 1. The van der Waals surface area contributed by atoms with Crippen LogP contribution >= 0.6 is 0 Å². The first-order chi connectivity index (χ1) is 9.89. The van der Waals surface area contributed by atoms with Gasteiger partial charge in [-0.3, -0.25) is 0 Å². The topological polar surface area (TPSA) is 55.6 Å². The molecule has 0 aliphatic carbocycles. The molecular weight excluding hydrogens is 264 g/mol. The van der Waals surface area contributed by atoms with Crippen molar-refractivity contribution in [1.29, 1.82) is 0 Å². The minimum Gasteiger partial charge on any atom is -0.444 e. The summed E-state index contributed by atoms with van der Waals surface area (Å²) >= 11 is 0. The largest absolute Gasteiger partial charge is 0.444 e. The zero-order valence-corrected chi connectivity index (χ0v) is 13.3. The number of hydrogen-bond acceptors (Lipinski definition) is 3. The Labute approximate surface area is 127 Å². The summed E-state index contributed by atoms with van der Waals surface area (Å²) in [7, 11) is 0. The van der Waals surface area contributed by atoms with E-state index in [9.17, 15) is 4.79 Å². The lowest BCUT2D eigenvalue weighted by atomic mass is 10.0. The molecule has 0 saturated carbocycles. The van der Waals surface area contributed by atoms with Gasteiger partial charge in [0.2, 0.25) is 0 Å². The highest BCUT2D eigenvalue weighted by atomic mass is 16.6. The van der Waals surface area contributed by atoms with Crippen molar-refractivity contribution in [1.82, 2.24) is 4.90 Å². The second kappa shape index (κ2) is 6.48. The second-order valence-corrected chi connectivity index (χ2v) is 6.69. The molecule has 1 aromatic rings. The molecule has 1 atom stereocenters. The molecule has 1 saturated heterocycles. The summed E-state index contributed by atoms with van der Waals surface area (Å²) in [6, 6.07) is 8.56. The maximum Gasteiger partial charge on any atom is 0.410 e. The summed E-state index contributed by atoms with van der Waals surface area (Å²) in [6.07, 6.45) is 2.77. The molecule has 21 heavy (non-hydrogen) atoms. The molecule has 1 aliphatic rings. The van der Waals surface area contributed by atoms with Crippen molar-refractivity contribution in [2.45, 2.75) is 58.2 Å². The molecule has 2 N–H and O–H groups in total. The smallest absolute Gasteiger partial charge is 0.410 e. The van der Waals surface area contributed by atoms with E-state index in [2.05, 4.69) is 24.3 Å². The van der Waals surface area contributed by atoms with Crippen molar-refractivity contribution in [3.8, 4) is 0 Å². The Kier molecular flexibility index (Phi) is 4.88. The van der Waals surface area contributed by atoms with Crippen LogP contribution in [0, 0.1) is 0 Å². The van der Waals surface area contributed by atoms with Gasteiger partial charge >= 0.3 is 6.09 Å². The number of carbonyl (C=O) groups is 1. The number of hydrogen-bond donors (Lipinski definition) is 1. The molecule has 116 valence electrons. The average molecular weight is 290 g/mol. The maximum absolute atomic E-state index is 12.2. The van der Waals surface area contributed by atoms with Gasteiger partial charge in [-0.2, -0.15) is 0 Å². The van der Waals surface area contributed by atoms with Gasteiger partial charge in [0.1, 0.15) is 5.60 Å². The van der Waals surface area contributed by atoms with Gasteiger partial charge in [-0.25, -0.2) is 4.79 Å². The summed E-state index contributed by atoms with van der Waals surface area (Å²) in [5.74, 6) is 0. The maximum atomic E-state index is 12.2. The molecule has 1 fully saturated rings. The molecule has 2 rings (SSSR count). The summed E-state index contributed by atoms with van der Waals surface area (Å²) in [6.45, 7) is 7.07. The molecule has 1 aliphatic heterocycles. The van der Waals surface area contributed by atoms with E-state index >= 15 is 0 Å². The second-order valence-electron chi connectivity index (χ2n) is 6.69. The van der Waals surface area contributed by atoms with E-state index in [4.69, 9.17) is 10.5 Å². The first-order valence-electron chi connectivity index (χ1n) is 7.66. The quantitative estimate of drug-likeness (QED) is 0.930. The molecule has 0 aromatic heterocycles. The predicted molar refractivity (Wildman–Crippen MR) is 84.0 cm³/mol. The van der Waals surface area contributed by atoms with Crippen molar-refractivity contribution >= 4 is 6.09 Å². The van der Waals surface area contributed by atoms with Crippen LogP contribution in [0.1, 0.15) is 44.7 Å². The highest BCUT2D eigenvalue weighted by Crippen LogP contribution is 2.23. The zero-order chi connectivity index (χ0) is 15.5. The van der Waals surface area contributed by atoms with E-state index < -0.39 is 5.60 Å². The van der Waals surface area contributed by atoms with Crippen LogP contribution in [0.25, 0.3) is 0 Å². The van der Waals surface area contributed by atoms with Crippen LogP contribution in [0.4, 0.5) is 4.79 Å². The number of amides is 1. The van der Waals surface area contributed by atoms with Gasteiger partial charge in [-0.05, 0) is 51.2 Å². The summed E-state index contributed by atoms with van der Waals surface area (Å²) < 4.78 is 5.50. The first-order valence-corrected chi connectivity index (χ1v) is 7.66. The standard InChI is InChI=1S/C17H26N2O2/c1-17(2,3)21-16(20)19-10-4-5-15(19)11-13-6-8-14(12-18)9-7-13/h6-9,15H,4-5,10-12,18H2,1-3H3. The molecule has 1 heterocycles. The predicted octanol–water partition coefficient (Wildman–Crippen LogP) is 3.09. The van der Waals surface area contributed by atoms with E-state index in [1.807, 2.05) is 25.7 Å². The van der Waals surface area contributed by atoms with Crippen molar-refractivity contribution in [2.75, 3.05) is 6.54 Å². The van der Waals surface area contributed by atoms with Gasteiger partial charge in [0.25, 0.3) is 0 Å². The molecule has 1 amide bonds. The Balaban J connectivity index is 1.99. The van der Waals surface area contributed by atoms with Crippen molar-refractivity contribution in [3.05, 3.63) is 35.4 Å². The van der Waals surface area contributed by atoms with Gasteiger partial charge in [0.15, 0.2) is 0 Å². The number of carbonyl (C=O) groups excluding carboxylic acids is 1. The first kappa shape index (κ1) is 15.8. The molecule has 1 unspecified atom stereocenters. The van der Waals surface area contributed by atoms with Crippen LogP contribution in [-0.2, 0) is 17.7 Å². The van der Waals surface area contributed by atoms with Gasteiger partial charge in [0.05, 0.1) is 0 Å². The fraction of sp³-hybridized carbons (Fsp3) is 0.588. The van der Waals surface area contributed by atoms with Gasteiger partial charge < -0.3 is 15.4 Å². The van der Waals surface area contributed by atoms with E-state index in [1.54, 1.807) is 0 Å². The summed E-state index contributed by atoms with van der Waals surface area (Å²) in [5, 5.41) is 0. The van der Waals surface area contributed by atoms with Crippen LogP contribution < -0.4 is 5.73 Å². The number of rotatable bonds is 3. The van der Waals surface area contributed by atoms with E-state index in [0.29, 0.717) is 6.54 Å². The Bertz CT molecular complexity index is 477. The number of ether oxygens (including phenoxy) is 1. The monoisotopic (exact) mass is 290 g/mol. The van der Waals surface area contributed by atoms with Crippen molar-refractivity contribution < 1.29 is 9.53 Å². The Morgan fingerprint density at radius 1 is 1.29 bits per heavy atom. The third-order valence-electron chi connectivity index (χ3n) is 3.74. The van der Waals surface area contributed by atoms with Gasteiger partial charge in [-0.15, -0.1) is 0 Å². The fourth-order valence-corrected chi connectivity index (χ4v) is 2.69. The Morgan fingerprint density at radius 2 is 1.90 bits per heavy atom. The van der Waals surface area contributed by atoms with Crippen LogP contribution in [0.2, 0.25) is 0 Å². The van der Waals surface area contributed by atoms with E-state index in [1.165, 1.54) is 5.56 Å². The molecule has 4 nitrogen and oxygen atoms in total.